The number of halogens is 1. The molecule has 2 atom stereocenters. The minimum atomic E-state index is -0.258. The van der Waals surface area contributed by atoms with Crippen LogP contribution < -0.4 is 4.74 Å². The predicted molar refractivity (Wildman–Crippen MR) is 83.7 cm³/mol. The van der Waals surface area contributed by atoms with Gasteiger partial charge in [-0.3, -0.25) is 9.69 Å². The molecule has 0 saturated carbocycles. The molecule has 2 saturated heterocycles. The fourth-order valence-corrected chi connectivity index (χ4v) is 3.52. The van der Waals surface area contributed by atoms with Crippen molar-refractivity contribution < 1.29 is 18.7 Å². The van der Waals surface area contributed by atoms with E-state index in [1.165, 1.54) is 12.1 Å². The molecule has 1 aromatic rings. The van der Waals surface area contributed by atoms with Gasteiger partial charge in [-0.2, -0.15) is 0 Å². The van der Waals surface area contributed by atoms with E-state index in [0.29, 0.717) is 24.8 Å². The molecule has 23 heavy (non-hydrogen) atoms. The Kier molecular flexibility index (Phi) is 4.82. The highest BCUT2D eigenvalue weighted by Crippen LogP contribution is 2.27. The zero-order valence-electron chi connectivity index (χ0n) is 13.6. The summed E-state index contributed by atoms with van der Waals surface area (Å²) in [7, 11) is 3.44. The van der Waals surface area contributed by atoms with Gasteiger partial charge in [-0.1, -0.05) is 0 Å². The van der Waals surface area contributed by atoms with E-state index in [1.54, 1.807) is 13.2 Å². The summed E-state index contributed by atoms with van der Waals surface area (Å²) in [6.07, 6.45) is 0.972. The third kappa shape index (κ3) is 3.48. The number of hydrogen-bond donors (Lipinski definition) is 0. The van der Waals surface area contributed by atoms with E-state index in [4.69, 9.17) is 9.47 Å². The Bertz CT molecular complexity index is 581. The predicted octanol–water partition coefficient (Wildman–Crippen LogP) is 1.51. The lowest BCUT2D eigenvalue weighted by Gasteiger charge is -2.41. The average molecular weight is 322 g/mol. The first-order valence-electron chi connectivity index (χ1n) is 7.96. The number of hydrogen-bond acceptors (Lipinski definition) is 4. The van der Waals surface area contributed by atoms with Crippen LogP contribution in [0.3, 0.4) is 0 Å². The van der Waals surface area contributed by atoms with Crippen LogP contribution in [0, 0.1) is 11.7 Å². The number of nitrogens with zero attached hydrogens (tertiary/aromatic N) is 2. The van der Waals surface area contributed by atoms with Gasteiger partial charge in [-0.05, 0) is 31.2 Å². The Morgan fingerprint density at radius 3 is 3.04 bits per heavy atom. The van der Waals surface area contributed by atoms with Gasteiger partial charge in [0.05, 0.1) is 13.7 Å². The molecule has 2 aliphatic rings. The van der Waals surface area contributed by atoms with Gasteiger partial charge in [0.15, 0.2) is 0 Å². The third-order valence-corrected chi connectivity index (χ3v) is 4.89. The molecule has 0 radical (unpaired) electrons. The van der Waals surface area contributed by atoms with Crippen LogP contribution in [-0.4, -0.2) is 62.2 Å². The normalized spacial score (nSPS) is 25.9. The Hall–Kier alpha value is -1.66. The van der Waals surface area contributed by atoms with Crippen LogP contribution in [-0.2, 0) is 16.1 Å². The van der Waals surface area contributed by atoms with Crippen molar-refractivity contribution in [2.75, 3.05) is 40.5 Å². The van der Waals surface area contributed by atoms with Gasteiger partial charge < -0.3 is 14.4 Å². The van der Waals surface area contributed by atoms with E-state index in [-0.39, 0.29) is 24.4 Å². The van der Waals surface area contributed by atoms with Gasteiger partial charge in [-0.15, -0.1) is 0 Å². The van der Waals surface area contributed by atoms with Gasteiger partial charge in [-0.25, -0.2) is 4.39 Å². The van der Waals surface area contributed by atoms with Crippen molar-refractivity contribution in [2.45, 2.75) is 19.0 Å². The first kappa shape index (κ1) is 16.2. The number of carbonyl (C=O) groups is 1. The molecule has 6 heteroatoms. The topological polar surface area (TPSA) is 42.0 Å². The number of carbonyl (C=O) groups excluding carboxylic acids is 1. The van der Waals surface area contributed by atoms with E-state index in [0.717, 1.165) is 25.1 Å². The number of fused-ring (bicyclic) bond motifs is 1. The minimum Gasteiger partial charge on any atom is -0.496 e. The Morgan fingerprint density at radius 1 is 1.43 bits per heavy atom. The first-order valence-corrected chi connectivity index (χ1v) is 7.96. The third-order valence-electron chi connectivity index (χ3n) is 4.89. The summed E-state index contributed by atoms with van der Waals surface area (Å²) in [6, 6.07) is 4.74. The summed E-state index contributed by atoms with van der Waals surface area (Å²) >= 11 is 0. The van der Waals surface area contributed by atoms with Crippen molar-refractivity contribution >= 4 is 5.91 Å². The van der Waals surface area contributed by atoms with Crippen molar-refractivity contribution in [3.05, 3.63) is 29.6 Å². The molecule has 0 aliphatic carbocycles. The molecule has 5 nitrogen and oxygen atoms in total. The fraction of sp³-hybridized carbons (Fsp3) is 0.588. The van der Waals surface area contributed by atoms with Crippen LogP contribution in [0.15, 0.2) is 18.2 Å². The maximum atomic E-state index is 13.5. The van der Waals surface area contributed by atoms with Crippen LogP contribution in [0.25, 0.3) is 0 Å². The number of rotatable bonds is 3. The largest absolute Gasteiger partial charge is 0.496 e. The molecular weight excluding hydrogens is 299 g/mol. The van der Waals surface area contributed by atoms with Crippen LogP contribution in [0.1, 0.15) is 12.0 Å². The summed E-state index contributed by atoms with van der Waals surface area (Å²) in [5, 5.41) is 0. The van der Waals surface area contributed by atoms with E-state index < -0.39 is 0 Å². The second-order valence-corrected chi connectivity index (χ2v) is 6.33. The van der Waals surface area contributed by atoms with Crippen molar-refractivity contribution in [3.8, 4) is 5.75 Å². The highest BCUT2D eigenvalue weighted by atomic mass is 19.1. The highest BCUT2D eigenvalue weighted by Gasteiger charge is 2.36. The Balaban J connectivity index is 1.73. The molecule has 0 N–H and O–H groups in total. The molecule has 1 aromatic carbocycles. The van der Waals surface area contributed by atoms with E-state index in [1.807, 2.05) is 11.9 Å². The summed E-state index contributed by atoms with van der Waals surface area (Å²) in [5.74, 6) is 0.841. The zero-order chi connectivity index (χ0) is 16.4. The van der Waals surface area contributed by atoms with Gasteiger partial charge in [0, 0.05) is 37.7 Å². The number of benzene rings is 1. The van der Waals surface area contributed by atoms with Gasteiger partial charge in [0.25, 0.3) is 0 Å². The second-order valence-electron chi connectivity index (χ2n) is 6.33. The van der Waals surface area contributed by atoms with Crippen molar-refractivity contribution in [3.63, 3.8) is 0 Å². The van der Waals surface area contributed by atoms with Gasteiger partial charge in [0.2, 0.25) is 5.91 Å². The number of amides is 1. The van der Waals surface area contributed by atoms with E-state index >= 15 is 0 Å². The molecule has 0 bridgehead atoms. The summed E-state index contributed by atoms with van der Waals surface area (Å²) < 4.78 is 24.3. The fourth-order valence-electron chi connectivity index (χ4n) is 3.52. The summed E-state index contributed by atoms with van der Waals surface area (Å²) in [4.78, 5) is 16.1. The molecule has 0 spiro atoms. The van der Waals surface area contributed by atoms with Crippen molar-refractivity contribution in [2.24, 2.45) is 5.92 Å². The van der Waals surface area contributed by atoms with Gasteiger partial charge >= 0.3 is 0 Å². The minimum absolute atomic E-state index is 0.0303. The summed E-state index contributed by atoms with van der Waals surface area (Å²) in [6.45, 7) is 3.11. The maximum Gasteiger partial charge on any atom is 0.248 e. The lowest BCUT2D eigenvalue weighted by Crippen LogP contribution is -2.52. The smallest absolute Gasteiger partial charge is 0.248 e. The van der Waals surface area contributed by atoms with Crippen LogP contribution in [0.2, 0.25) is 0 Å². The highest BCUT2D eigenvalue weighted by molar-refractivity contribution is 5.77. The zero-order valence-corrected chi connectivity index (χ0v) is 13.6. The van der Waals surface area contributed by atoms with Crippen molar-refractivity contribution in [1.29, 1.82) is 0 Å². The monoisotopic (exact) mass is 322 g/mol. The lowest BCUT2D eigenvalue weighted by molar-refractivity contribution is -0.134. The second kappa shape index (κ2) is 6.84. The molecule has 2 aliphatic heterocycles. The van der Waals surface area contributed by atoms with Crippen LogP contribution in [0.4, 0.5) is 4.39 Å². The number of likely N-dealkylation sites (tertiary alicyclic amines) is 1. The lowest BCUT2D eigenvalue weighted by atomic mass is 9.91. The standard InChI is InChI=1S/C17H23FN2O3/c1-19-15-9-20(6-5-12(15)10-23-11-17(19)21)8-13-7-14(18)3-4-16(13)22-2/h3-4,7,12,15H,5-6,8-11H2,1-2H3/t12-,15-/m0/s1. The van der Waals surface area contributed by atoms with Crippen LogP contribution in [0.5, 0.6) is 5.75 Å². The quantitative estimate of drug-likeness (QED) is 0.846. The summed E-state index contributed by atoms with van der Waals surface area (Å²) in [5.41, 5.74) is 0.838. The Labute approximate surface area is 136 Å². The number of likely N-dealkylation sites (N-methyl/N-ethyl adjacent to an activating group) is 1. The molecule has 0 aromatic heterocycles. The molecule has 0 unspecified atom stereocenters. The van der Waals surface area contributed by atoms with E-state index in [9.17, 15) is 9.18 Å². The number of piperidine rings is 1. The number of ether oxygens (including phenoxy) is 2. The average Bonchev–Trinajstić information content (AvgIpc) is 2.68. The van der Waals surface area contributed by atoms with Gasteiger partial charge in [0.1, 0.15) is 18.2 Å². The molecule has 1 amide bonds. The molecule has 2 heterocycles. The number of methoxy groups -OCH3 is 1. The first-order chi connectivity index (χ1) is 11.1. The molecule has 3 rings (SSSR count). The maximum absolute atomic E-state index is 13.5. The van der Waals surface area contributed by atoms with E-state index in [2.05, 4.69) is 4.90 Å². The molecule has 2 fully saturated rings. The SMILES string of the molecule is COc1ccc(F)cc1CN1CC[C@H]2COCC(=O)N(C)[C@H]2C1. The molecule has 126 valence electrons. The Morgan fingerprint density at radius 2 is 2.26 bits per heavy atom. The van der Waals surface area contributed by atoms with Crippen LogP contribution >= 0.6 is 0 Å². The molecular formula is C17H23FN2O3. The van der Waals surface area contributed by atoms with Crippen molar-refractivity contribution in [1.82, 2.24) is 9.80 Å².